The molecule has 1 fully saturated rings. The molecule has 0 spiro atoms. The predicted molar refractivity (Wildman–Crippen MR) is 84.6 cm³/mol. The van der Waals surface area contributed by atoms with Gasteiger partial charge in [-0.15, -0.1) is 0 Å². The molecule has 1 aliphatic carbocycles. The Balaban J connectivity index is 2.15. The highest BCUT2D eigenvalue weighted by molar-refractivity contribution is 5.97. The van der Waals surface area contributed by atoms with Crippen LogP contribution in [-0.4, -0.2) is 29.0 Å². The number of aromatic nitrogens is 2. The Kier molecular flexibility index (Phi) is 4.80. The van der Waals surface area contributed by atoms with E-state index >= 15 is 0 Å². The van der Waals surface area contributed by atoms with E-state index in [1.54, 1.807) is 6.20 Å². The molecule has 1 aromatic rings. The summed E-state index contributed by atoms with van der Waals surface area (Å²) in [5.41, 5.74) is 1.48. The highest BCUT2D eigenvalue weighted by Gasteiger charge is 2.37. The lowest BCUT2D eigenvalue weighted by atomic mass is 10.1. The summed E-state index contributed by atoms with van der Waals surface area (Å²) in [6, 6.07) is 0. The Morgan fingerprint density at radius 2 is 2.14 bits per heavy atom. The molecule has 21 heavy (non-hydrogen) atoms. The van der Waals surface area contributed by atoms with Crippen molar-refractivity contribution in [1.29, 1.82) is 0 Å². The van der Waals surface area contributed by atoms with Crippen LogP contribution in [0.3, 0.4) is 0 Å². The molecule has 0 bridgehead atoms. The van der Waals surface area contributed by atoms with Crippen LogP contribution in [0, 0.1) is 5.41 Å². The first kappa shape index (κ1) is 15.7. The molecule has 1 amide bonds. The largest absolute Gasteiger partial charge is 0.382 e. The van der Waals surface area contributed by atoms with Gasteiger partial charge >= 0.3 is 0 Å². The second-order valence-corrected chi connectivity index (χ2v) is 6.57. The van der Waals surface area contributed by atoms with E-state index in [9.17, 15) is 4.79 Å². The van der Waals surface area contributed by atoms with E-state index in [0.717, 1.165) is 25.2 Å². The maximum atomic E-state index is 12.4. The van der Waals surface area contributed by atoms with E-state index in [1.165, 1.54) is 12.8 Å². The number of hydrogen-bond donors (Lipinski definition) is 2. The summed E-state index contributed by atoms with van der Waals surface area (Å²) in [5, 5.41) is 6.25. The Labute approximate surface area is 127 Å². The normalized spacial score (nSPS) is 15.9. The minimum absolute atomic E-state index is 0.106. The molecule has 1 aromatic heterocycles. The molecule has 1 saturated carbocycles. The van der Waals surface area contributed by atoms with Crippen LogP contribution in [0.5, 0.6) is 0 Å². The average Bonchev–Trinajstić information content (AvgIpc) is 3.20. The van der Waals surface area contributed by atoms with Gasteiger partial charge in [0.25, 0.3) is 5.91 Å². The van der Waals surface area contributed by atoms with Gasteiger partial charge < -0.3 is 10.6 Å². The van der Waals surface area contributed by atoms with E-state index in [-0.39, 0.29) is 11.8 Å². The molecule has 116 valence electrons. The monoisotopic (exact) mass is 290 g/mol. The van der Waals surface area contributed by atoms with Gasteiger partial charge in [-0.1, -0.05) is 27.7 Å². The van der Waals surface area contributed by atoms with Crippen molar-refractivity contribution >= 4 is 11.6 Å². The zero-order valence-electron chi connectivity index (χ0n) is 13.5. The third kappa shape index (κ3) is 4.16. The SMILES string of the molecule is CCCNc1cnc(C(C)C)nc1C(=O)NCC1(C)CC1. The fourth-order valence-electron chi connectivity index (χ4n) is 2.00. The van der Waals surface area contributed by atoms with Gasteiger partial charge in [0.05, 0.1) is 11.9 Å². The van der Waals surface area contributed by atoms with Gasteiger partial charge in [-0.2, -0.15) is 0 Å². The zero-order valence-corrected chi connectivity index (χ0v) is 13.5. The van der Waals surface area contributed by atoms with Crippen molar-refractivity contribution in [3.8, 4) is 0 Å². The number of carbonyl (C=O) groups is 1. The number of hydrogen-bond acceptors (Lipinski definition) is 4. The molecule has 0 aliphatic heterocycles. The zero-order chi connectivity index (χ0) is 15.5. The maximum absolute atomic E-state index is 12.4. The van der Waals surface area contributed by atoms with E-state index in [0.29, 0.717) is 16.9 Å². The third-order valence-corrected chi connectivity index (χ3v) is 3.88. The van der Waals surface area contributed by atoms with Crippen LogP contribution in [0.2, 0.25) is 0 Å². The van der Waals surface area contributed by atoms with Crippen LogP contribution in [-0.2, 0) is 0 Å². The van der Waals surface area contributed by atoms with Crippen LogP contribution < -0.4 is 10.6 Å². The molecule has 5 heteroatoms. The molecule has 2 N–H and O–H groups in total. The van der Waals surface area contributed by atoms with Crippen LogP contribution in [0.15, 0.2) is 6.20 Å². The summed E-state index contributed by atoms with van der Waals surface area (Å²) in [5.74, 6) is 0.809. The second-order valence-electron chi connectivity index (χ2n) is 6.57. The predicted octanol–water partition coefficient (Wildman–Crippen LogP) is 2.95. The van der Waals surface area contributed by atoms with Crippen molar-refractivity contribution in [1.82, 2.24) is 15.3 Å². The van der Waals surface area contributed by atoms with Crippen molar-refractivity contribution in [2.24, 2.45) is 5.41 Å². The quantitative estimate of drug-likeness (QED) is 0.810. The summed E-state index contributed by atoms with van der Waals surface area (Å²) < 4.78 is 0. The molecule has 0 atom stereocenters. The maximum Gasteiger partial charge on any atom is 0.272 e. The van der Waals surface area contributed by atoms with Gasteiger partial charge in [0, 0.05) is 19.0 Å². The highest BCUT2D eigenvalue weighted by Crippen LogP contribution is 2.44. The minimum atomic E-state index is -0.106. The van der Waals surface area contributed by atoms with Crippen molar-refractivity contribution in [3.63, 3.8) is 0 Å². The number of anilines is 1. The molecule has 0 unspecified atom stereocenters. The lowest BCUT2D eigenvalue weighted by Crippen LogP contribution is -2.31. The van der Waals surface area contributed by atoms with Crippen molar-refractivity contribution in [3.05, 3.63) is 17.7 Å². The van der Waals surface area contributed by atoms with Crippen molar-refractivity contribution in [2.75, 3.05) is 18.4 Å². The Bertz CT molecular complexity index is 509. The third-order valence-electron chi connectivity index (χ3n) is 3.88. The van der Waals surface area contributed by atoms with Crippen LogP contribution in [0.4, 0.5) is 5.69 Å². The van der Waals surface area contributed by atoms with E-state index in [4.69, 9.17) is 0 Å². The van der Waals surface area contributed by atoms with E-state index < -0.39 is 0 Å². The summed E-state index contributed by atoms with van der Waals surface area (Å²) in [7, 11) is 0. The van der Waals surface area contributed by atoms with E-state index in [2.05, 4.69) is 34.4 Å². The fourth-order valence-corrected chi connectivity index (χ4v) is 2.00. The summed E-state index contributed by atoms with van der Waals surface area (Å²) in [4.78, 5) is 21.2. The molecule has 1 aliphatic rings. The summed E-state index contributed by atoms with van der Waals surface area (Å²) in [6.45, 7) is 9.87. The van der Waals surface area contributed by atoms with Crippen LogP contribution >= 0.6 is 0 Å². The van der Waals surface area contributed by atoms with Gasteiger partial charge in [0.15, 0.2) is 5.69 Å². The first-order valence-electron chi connectivity index (χ1n) is 7.84. The number of nitrogens with zero attached hydrogens (tertiary/aromatic N) is 2. The highest BCUT2D eigenvalue weighted by atomic mass is 16.1. The van der Waals surface area contributed by atoms with Gasteiger partial charge in [0.1, 0.15) is 5.82 Å². The topological polar surface area (TPSA) is 66.9 Å². The van der Waals surface area contributed by atoms with Crippen molar-refractivity contribution < 1.29 is 4.79 Å². The number of carbonyl (C=O) groups excluding carboxylic acids is 1. The first-order valence-corrected chi connectivity index (χ1v) is 7.84. The molecule has 5 nitrogen and oxygen atoms in total. The molecular weight excluding hydrogens is 264 g/mol. The standard InChI is InChI=1S/C16H26N4O/c1-5-8-17-12-9-18-14(11(2)3)20-13(12)15(21)19-10-16(4)6-7-16/h9,11,17H,5-8,10H2,1-4H3,(H,19,21). The molecule has 2 rings (SSSR count). The van der Waals surface area contributed by atoms with Crippen LogP contribution in [0.25, 0.3) is 0 Å². The fraction of sp³-hybridized carbons (Fsp3) is 0.688. The Morgan fingerprint density at radius 3 is 2.71 bits per heavy atom. The van der Waals surface area contributed by atoms with Crippen molar-refractivity contribution in [2.45, 2.75) is 52.9 Å². The van der Waals surface area contributed by atoms with E-state index in [1.807, 2.05) is 13.8 Å². The smallest absolute Gasteiger partial charge is 0.272 e. The summed E-state index contributed by atoms with van der Waals surface area (Å²) >= 11 is 0. The molecular formula is C16H26N4O. The minimum Gasteiger partial charge on any atom is -0.382 e. The Hall–Kier alpha value is -1.65. The molecule has 0 radical (unpaired) electrons. The molecule has 0 aromatic carbocycles. The van der Waals surface area contributed by atoms with Gasteiger partial charge in [0.2, 0.25) is 0 Å². The average molecular weight is 290 g/mol. The van der Waals surface area contributed by atoms with Gasteiger partial charge in [-0.05, 0) is 24.7 Å². The van der Waals surface area contributed by atoms with Crippen LogP contribution in [0.1, 0.15) is 69.2 Å². The lowest BCUT2D eigenvalue weighted by molar-refractivity contribution is 0.0941. The Morgan fingerprint density at radius 1 is 1.43 bits per heavy atom. The summed E-state index contributed by atoms with van der Waals surface area (Å²) in [6.07, 6.45) is 5.10. The van der Waals surface area contributed by atoms with Gasteiger partial charge in [-0.25, -0.2) is 9.97 Å². The number of rotatable bonds is 7. The number of nitrogens with one attached hydrogen (secondary N) is 2. The number of amides is 1. The molecule has 0 saturated heterocycles. The first-order chi connectivity index (χ1) is 9.95. The lowest BCUT2D eigenvalue weighted by Gasteiger charge is -2.14. The molecule has 1 heterocycles. The second kappa shape index (κ2) is 6.41. The van der Waals surface area contributed by atoms with Gasteiger partial charge in [-0.3, -0.25) is 4.79 Å².